The van der Waals surface area contributed by atoms with E-state index in [1.807, 2.05) is 19.1 Å². The maximum Gasteiger partial charge on any atom is 0.228 e. The van der Waals surface area contributed by atoms with Crippen LogP contribution in [-0.2, 0) is 4.79 Å². The predicted octanol–water partition coefficient (Wildman–Crippen LogP) is 3.79. The Morgan fingerprint density at radius 3 is 2.78 bits per heavy atom. The quantitative estimate of drug-likeness (QED) is 0.902. The normalized spacial score (nSPS) is 18.3. The Labute approximate surface area is 135 Å². The highest BCUT2D eigenvalue weighted by Crippen LogP contribution is 2.38. The Morgan fingerprint density at radius 2 is 2.04 bits per heavy atom. The SMILES string of the molecule is Cc1nc(-c2ccnc(NC(=O)C3CC3)c2)c(C2CCCC2)[nH]1. The Morgan fingerprint density at radius 1 is 1.26 bits per heavy atom. The van der Waals surface area contributed by atoms with Gasteiger partial charge in [0.05, 0.1) is 5.69 Å². The summed E-state index contributed by atoms with van der Waals surface area (Å²) >= 11 is 0. The van der Waals surface area contributed by atoms with Crippen LogP contribution in [0.2, 0.25) is 0 Å². The zero-order valence-corrected chi connectivity index (χ0v) is 13.4. The molecule has 2 N–H and O–H groups in total. The Kier molecular flexibility index (Phi) is 3.63. The van der Waals surface area contributed by atoms with Crippen LogP contribution >= 0.6 is 0 Å². The molecule has 0 unspecified atom stereocenters. The Balaban J connectivity index is 1.63. The summed E-state index contributed by atoms with van der Waals surface area (Å²) in [7, 11) is 0. The van der Waals surface area contributed by atoms with E-state index >= 15 is 0 Å². The molecule has 2 aromatic heterocycles. The topological polar surface area (TPSA) is 70.7 Å². The molecule has 0 atom stereocenters. The van der Waals surface area contributed by atoms with E-state index in [0.29, 0.717) is 11.7 Å². The van der Waals surface area contributed by atoms with Crippen molar-refractivity contribution in [3.05, 3.63) is 29.8 Å². The minimum Gasteiger partial charge on any atom is -0.345 e. The van der Waals surface area contributed by atoms with E-state index in [1.165, 1.54) is 31.4 Å². The lowest BCUT2D eigenvalue weighted by Crippen LogP contribution is -2.14. The first-order valence-corrected chi connectivity index (χ1v) is 8.54. The van der Waals surface area contributed by atoms with E-state index < -0.39 is 0 Å². The van der Waals surface area contributed by atoms with Crippen LogP contribution in [0.4, 0.5) is 5.82 Å². The van der Waals surface area contributed by atoms with E-state index in [9.17, 15) is 4.79 Å². The zero-order valence-electron chi connectivity index (χ0n) is 13.4. The summed E-state index contributed by atoms with van der Waals surface area (Å²) in [5, 5.41) is 2.92. The number of amides is 1. The van der Waals surface area contributed by atoms with Gasteiger partial charge < -0.3 is 10.3 Å². The van der Waals surface area contributed by atoms with Crippen molar-refractivity contribution in [1.29, 1.82) is 0 Å². The third-order valence-electron chi connectivity index (χ3n) is 4.85. The highest BCUT2D eigenvalue weighted by atomic mass is 16.2. The standard InChI is InChI=1S/C18H22N4O/c1-11-20-16(12-4-2-3-5-12)17(21-11)14-8-9-19-15(10-14)22-18(23)13-6-7-13/h8-10,12-13H,2-7H2,1H3,(H,20,21)(H,19,22,23). The van der Waals surface area contributed by atoms with Gasteiger partial charge in [0.15, 0.2) is 0 Å². The second-order valence-electron chi connectivity index (χ2n) is 6.76. The summed E-state index contributed by atoms with van der Waals surface area (Å²) in [6.07, 6.45) is 8.78. The number of hydrogen-bond acceptors (Lipinski definition) is 3. The molecule has 2 aromatic rings. The molecule has 2 saturated carbocycles. The van der Waals surface area contributed by atoms with E-state index in [-0.39, 0.29) is 11.8 Å². The minimum atomic E-state index is 0.0869. The zero-order chi connectivity index (χ0) is 15.8. The van der Waals surface area contributed by atoms with Gasteiger partial charge in [0.2, 0.25) is 5.91 Å². The number of H-pyrrole nitrogens is 1. The number of hydrogen-bond donors (Lipinski definition) is 2. The fraction of sp³-hybridized carbons (Fsp3) is 0.500. The number of pyridine rings is 1. The molecule has 23 heavy (non-hydrogen) atoms. The summed E-state index contributed by atoms with van der Waals surface area (Å²) in [5.41, 5.74) is 3.28. The lowest BCUT2D eigenvalue weighted by molar-refractivity contribution is -0.117. The average molecular weight is 310 g/mol. The van der Waals surface area contributed by atoms with Crippen molar-refractivity contribution in [1.82, 2.24) is 15.0 Å². The third kappa shape index (κ3) is 3.00. The molecule has 2 fully saturated rings. The van der Waals surface area contributed by atoms with Crippen LogP contribution in [0.5, 0.6) is 0 Å². The molecule has 5 heteroatoms. The lowest BCUT2D eigenvalue weighted by Gasteiger charge is -2.10. The number of aromatic nitrogens is 3. The van der Waals surface area contributed by atoms with Crippen molar-refractivity contribution in [2.45, 2.75) is 51.4 Å². The molecule has 0 bridgehead atoms. The first kappa shape index (κ1) is 14.4. The number of imidazole rings is 1. The first-order valence-electron chi connectivity index (χ1n) is 8.54. The largest absolute Gasteiger partial charge is 0.345 e. The van der Waals surface area contributed by atoms with Crippen molar-refractivity contribution in [3.63, 3.8) is 0 Å². The minimum absolute atomic E-state index is 0.0869. The molecule has 2 heterocycles. The molecule has 120 valence electrons. The summed E-state index contributed by atoms with van der Waals surface area (Å²) in [4.78, 5) is 24.4. The summed E-state index contributed by atoms with van der Waals surface area (Å²) in [5.74, 6) is 2.41. The van der Waals surface area contributed by atoms with E-state index in [0.717, 1.165) is 29.9 Å². The van der Waals surface area contributed by atoms with Gasteiger partial charge in [-0.15, -0.1) is 0 Å². The molecule has 1 amide bonds. The maximum absolute atomic E-state index is 11.9. The summed E-state index contributed by atoms with van der Waals surface area (Å²) < 4.78 is 0. The van der Waals surface area contributed by atoms with Crippen LogP contribution in [0.1, 0.15) is 56.0 Å². The highest BCUT2D eigenvalue weighted by Gasteiger charge is 2.30. The van der Waals surface area contributed by atoms with Crippen molar-refractivity contribution in [3.8, 4) is 11.3 Å². The van der Waals surface area contributed by atoms with Gasteiger partial charge in [-0.05, 0) is 44.7 Å². The fourth-order valence-corrected chi connectivity index (χ4v) is 3.46. The first-order chi connectivity index (χ1) is 11.2. The monoisotopic (exact) mass is 310 g/mol. The number of aromatic amines is 1. The van der Waals surface area contributed by atoms with Crippen LogP contribution in [0, 0.1) is 12.8 Å². The molecular weight excluding hydrogens is 288 g/mol. The number of anilines is 1. The molecule has 0 aliphatic heterocycles. The van der Waals surface area contributed by atoms with Crippen LogP contribution < -0.4 is 5.32 Å². The molecule has 2 aliphatic rings. The molecule has 0 saturated heterocycles. The van der Waals surface area contributed by atoms with Crippen LogP contribution in [0.25, 0.3) is 11.3 Å². The average Bonchev–Trinajstić information content (AvgIpc) is 3.12. The van der Waals surface area contributed by atoms with Gasteiger partial charge in [-0.25, -0.2) is 9.97 Å². The van der Waals surface area contributed by atoms with E-state index in [1.54, 1.807) is 6.20 Å². The van der Waals surface area contributed by atoms with E-state index in [4.69, 9.17) is 4.98 Å². The number of nitrogens with zero attached hydrogens (tertiary/aromatic N) is 2. The maximum atomic E-state index is 11.9. The second kappa shape index (κ2) is 5.80. The molecule has 2 aliphatic carbocycles. The van der Waals surface area contributed by atoms with Crippen molar-refractivity contribution < 1.29 is 4.79 Å². The number of aryl methyl sites for hydroxylation is 1. The van der Waals surface area contributed by atoms with Gasteiger partial charge in [0.1, 0.15) is 11.6 Å². The third-order valence-corrected chi connectivity index (χ3v) is 4.85. The van der Waals surface area contributed by atoms with Crippen LogP contribution in [0.15, 0.2) is 18.3 Å². The van der Waals surface area contributed by atoms with Crippen molar-refractivity contribution in [2.24, 2.45) is 5.92 Å². The molecule has 5 nitrogen and oxygen atoms in total. The summed E-state index contributed by atoms with van der Waals surface area (Å²) in [6.45, 7) is 2.00. The van der Waals surface area contributed by atoms with Crippen molar-refractivity contribution in [2.75, 3.05) is 5.32 Å². The van der Waals surface area contributed by atoms with Crippen LogP contribution in [-0.4, -0.2) is 20.9 Å². The second-order valence-corrected chi connectivity index (χ2v) is 6.76. The van der Waals surface area contributed by atoms with Crippen LogP contribution in [0.3, 0.4) is 0 Å². The van der Waals surface area contributed by atoms with Crippen molar-refractivity contribution >= 4 is 11.7 Å². The lowest BCUT2D eigenvalue weighted by atomic mass is 9.99. The number of nitrogens with one attached hydrogen (secondary N) is 2. The fourth-order valence-electron chi connectivity index (χ4n) is 3.46. The molecular formula is C18H22N4O. The molecule has 0 radical (unpaired) electrons. The predicted molar refractivity (Wildman–Crippen MR) is 89.1 cm³/mol. The smallest absolute Gasteiger partial charge is 0.228 e. The number of rotatable bonds is 4. The molecule has 4 rings (SSSR count). The van der Waals surface area contributed by atoms with E-state index in [2.05, 4.69) is 15.3 Å². The van der Waals surface area contributed by atoms with Gasteiger partial charge in [-0.1, -0.05) is 12.8 Å². The van der Waals surface area contributed by atoms with Gasteiger partial charge in [0, 0.05) is 29.3 Å². The Hall–Kier alpha value is -2.17. The summed E-state index contributed by atoms with van der Waals surface area (Å²) in [6, 6.07) is 3.91. The van der Waals surface area contributed by atoms with Gasteiger partial charge in [-0.2, -0.15) is 0 Å². The van der Waals surface area contributed by atoms with Gasteiger partial charge >= 0.3 is 0 Å². The Bertz CT molecular complexity index is 726. The molecule has 0 spiro atoms. The van der Waals surface area contributed by atoms with Gasteiger partial charge in [0.25, 0.3) is 0 Å². The van der Waals surface area contributed by atoms with Gasteiger partial charge in [-0.3, -0.25) is 4.79 Å². The highest BCUT2D eigenvalue weighted by molar-refractivity contribution is 5.93. The number of carbonyl (C=O) groups is 1. The molecule has 0 aromatic carbocycles. The number of carbonyl (C=O) groups excluding carboxylic acids is 1.